The lowest BCUT2D eigenvalue weighted by atomic mass is 9.77. The van der Waals surface area contributed by atoms with Crippen LogP contribution in [0.1, 0.15) is 77.5 Å². The molecule has 0 saturated heterocycles. The molecule has 0 aliphatic heterocycles. The molecule has 28 heavy (non-hydrogen) atoms. The third-order valence-corrected chi connectivity index (χ3v) is 7.79. The van der Waals surface area contributed by atoms with Gasteiger partial charge in [0.25, 0.3) is 5.91 Å². The van der Waals surface area contributed by atoms with Crippen LogP contribution in [0.15, 0.2) is 5.38 Å². The highest BCUT2D eigenvalue weighted by atomic mass is 32.1. The van der Waals surface area contributed by atoms with Gasteiger partial charge in [-0.05, 0) is 45.6 Å². The van der Waals surface area contributed by atoms with E-state index in [0.717, 1.165) is 62.1 Å². The Morgan fingerprint density at radius 1 is 1.14 bits per heavy atom. The predicted octanol–water partition coefficient (Wildman–Crippen LogP) is 5.18. The average Bonchev–Trinajstić information content (AvgIpc) is 3.14. The summed E-state index contributed by atoms with van der Waals surface area (Å²) in [7, 11) is 0. The van der Waals surface area contributed by atoms with Crippen molar-refractivity contribution in [3.8, 4) is 0 Å². The molecular formula is C21H26N4OS2. The van der Waals surface area contributed by atoms with Crippen molar-refractivity contribution in [3.05, 3.63) is 38.0 Å². The van der Waals surface area contributed by atoms with Gasteiger partial charge in [0.2, 0.25) is 0 Å². The van der Waals surface area contributed by atoms with E-state index in [-0.39, 0.29) is 16.9 Å². The van der Waals surface area contributed by atoms with E-state index in [2.05, 4.69) is 36.5 Å². The second kappa shape index (κ2) is 6.59. The van der Waals surface area contributed by atoms with Gasteiger partial charge in [0.1, 0.15) is 15.7 Å². The molecule has 1 aliphatic carbocycles. The molecule has 1 N–H and O–H groups in total. The molecule has 1 aliphatic rings. The van der Waals surface area contributed by atoms with Gasteiger partial charge in [-0.2, -0.15) is 0 Å². The Bertz CT molecular complexity index is 1070. The number of thiazole rings is 1. The van der Waals surface area contributed by atoms with E-state index in [9.17, 15) is 4.79 Å². The van der Waals surface area contributed by atoms with Gasteiger partial charge in [0.15, 0.2) is 0 Å². The fraction of sp³-hybridized carbons (Fsp3) is 0.524. The van der Waals surface area contributed by atoms with E-state index in [1.807, 2.05) is 20.8 Å². The molecule has 0 atom stereocenters. The third kappa shape index (κ3) is 3.14. The molecule has 3 heterocycles. The number of carbonyl (C=O) groups is 1. The quantitative estimate of drug-likeness (QED) is 0.641. The average molecular weight is 415 g/mol. The highest BCUT2D eigenvalue weighted by molar-refractivity contribution is 7.20. The van der Waals surface area contributed by atoms with E-state index >= 15 is 0 Å². The number of nitrogens with zero attached hydrogens (tertiary/aromatic N) is 3. The van der Waals surface area contributed by atoms with Gasteiger partial charge < -0.3 is 5.32 Å². The number of hydrogen-bond donors (Lipinski definition) is 1. The Balaban J connectivity index is 1.71. The number of aryl methyl sites for hydroxylation is 3. The summed E-state index contributed by atoms with van der Waals surface area (Å²) in [6.45, 7) is 12.3. The number of rotatable bonds is 3. The molecule has 0 bridgehead atoms. The fourth-order valence-corrected chi connectivity index (χ4v) is 5.80. The molecule has 0 radical (unpaired) electrons. The van der Waals surface area contributed by atoms with Gasteiger partial charge >= 0.3 is 0 Å². The fourth-order valence-electron chi connectivity index (χ4n) is 3.66. The smallest absolute Gasteiger partial charge is 0.262 e. The summed E-state index contributed by atoms with van der Waals surface area (Å²) < 4.78 is 0. The summed E-state index contributed by atoms with van der Waals surface area (Å²) in [5.41, 5.74) is 2.49. The highest BCUT2D eigenvalue weighted by Crippen LogP contribution is 2.43. The van der Waals surface area contributed by atoms with Crippen molar-refractivity contribution in [2.75, 3.05) is 0 Å². The first-order valence-electron chi connectivity index (χ1n) is 9.64. The van der Waals surface area contributed by atoms with Crippen LogP contribution in [0.5, 0.6) is 0 Å². The lowest BCUT2D eigenvalue weighted by Gasteiger charge is -2.40. The van der Waals surface area contributed by atoms with E-state index in [4.69, 9.17) is 9.97 Å². The molecule has 5 nitrogen and oxygen atoms in total. The molecule has 4 rings (SSSR count). The molecule has 0 unspecified atom stereocenters. The molecule has 0 aromatic carbocycles. The van der Waals surface area contributed by atoms with Gasteiger partial charge in [-0.15, -0.1) is 22.7 Å². The molecule has 7 heteroatoms. The monoisotopic (exact) mass is 414 g/mol. The number of carbonyl (C=O) groups excluding carboxylic acids is 1. The molecule has 1 amide bonds. The lowest BCUT2D eigenvalue weighted by Crippen LogP contribution is -2.50. The molecular weight excluding hydrogens is 388 g/mol. The molecule has 1 fully saturated rings. The van der Waals surface area contributed by atoms with Crippen LogP contribution < -0.4 is 5.32 Å². The van der Waals surface area contributed by atoms with Crippen molar-refractivity contribution in [2.45, 2.75) is 71.8 Å². The third-order valence-electron chi connectivity index (χ3n) is 5.44. The Labute approximate surface area is 173 Å². The minimum atomic E-state index is -0.310. The van der Waals surface area contributed by atoms with Crippen molar-refractivity contribution >= 4 is 38.8 Å². The van der Waals surface area contributed by atoms with Gasteiger partial charge in [0, 0.05) is 21.9 Å². The van der Waals surface area contributed by atoms with Crippen LogP contribution in [0.2, 0.25) is 0 Å². The Morgan fingerprint density at radius 2 is 1.86 bits per heavy atom. The van der Waals surface area contributed by atoms with E-state index < -0.39 is 0 Å². The van der Waals surface area contributed by atoms with Gasteiger partial charge in [0.05, 0.1) is 16.1 Å². The predicted molar refractivity (Wildman–Crippen MR) is 115 cm³/mol. The molecule has 1 saturated carbocycles. The topological polar surface area (TPSA) is 67.8 Å². The zero-order valence-electron chi connectivity index (χ0n) is 17.3. The van der Waals surface area contributed by atoms with E-state index in [1.165, 1.54) is 11.3 Å². The number of nitrogens with one attached hydrogen (secondary N) is 1. The number of fused-ring (bicyclic) bond motifs is 1. The van der Waals surface area contributed by atoms with Crippen LogP contribution in [0.25, 0.3) is 10.2 Å². The zero-order chi connectivity index (χ0) is 20.3. The van der Waals surface area contributed by atoms with Gasteiger partial charge in [-0.25, -0.2) is 15.0 Å². The van der Waals surface area contributed by atoms with E-state index in [1.54, 1.807) is 11.3 Å². The Hall–Kier alpha value is -1.86. The Kier molecular flexibility index (Phi) is 4.58. The van der Waals surface area contributed by atoms with Crippen LogP contribution >= 0.6 is 22.7 Å². The summed E-state index contributed by atoms with van der Waals surface area (Å²) in [5, 5.41) is 7.40. The first-order valence-corrected chi connectivity index (χ1v) is 11.3. The highest BCUT2D eigenvalue weighted by Gasteiger charge is 2.43. The van der Waals surface area contributed by atoms with Gasteiger partial charge in [-0.1, -0.05) is 20.8 Å². The Morgan fingerprint density at radius 3 is 2.39 bits per heavy atom. The molecule has 0 spiro atoms. The molecule has 3 aromatic heterocycles. The van der Waals surface area contributed by atoms with Crippen molar-refractivity contribution in [3.63, 3.8) is 0 Å². The van der Waals surface area contributed by atoms with Crippen LogP contribution in [-0.2, 0) is 11.0 Å². The SMILES string of the molecule is Cc1csc(C2(NC(=O)c3sc4nc(C(C)(C)C)nc(C)c4c3C)CCC2)n1. The van der Waals surface area contributed by atoms with Crippen molar-refractivity contribution in [1.82, 2.24) is 20.3 Å². The summed E-state index contributed by atoms with van der Waals surface area (Å²) in [4.78, 5) is 29.0. The number of amides is 1. The maximum Gasteiger partial charge on any atom is 0.262 e. The van der Waals surface area contributed by atoms with Crippen molar-refractivity contribution in [1.29, 1.82) is 0 Å². The summed E-state index contributed by atoms with van der Waals surface area (Å²) >= 11 is 3.11. The van der Waals surface area contributed by atoms with Gasteiger partial charge in [-0.3, -0.25) is 4.79 Å². The molecule has 3 aromatic rings. The summed E-state index contributed by atoms with van der Waals surface area (Å²) in [6, 6.07) is 0. The van der Waals surface area contributed by atoms with E-state index in [0.29, 0.717) is 0 Å². The minimum absolute atomic E-state index is 0.0234. The van der Waals surface area contributed by atoms with Crippen LogP contribution in [0.4, 0.5) is 0 Å². The largest absolute Gasteiger partial charge is 0.339 e. The first-order chi connectivity index (χ1) is 13.1. The first kappa shape index (κ1) is 19.5. The van der Waals surface area contributed by atoms with Crippen molar-refractivity contribution < 1.29 is 4.79 Å². The maximum atomic E-state index is 13.2. The number of hydrogen-bond acceptors (Lipinski definition) is 6. The van der Waals surface area contributed by atoms with Crippen LogP contribution in [0.3, 0.4) is 0 Å². The van der Waals surface area contributed by atoms with Crippen LogP contribution in [-0.4, -0.2) is 20.9 Å². The number of thiophene rings is 1. The zero-order valence-corrected chi connectivity index (χ0v) is 18.9. The molecule has 148 valence electrons. The lowest BCUT2D eigenvalue weighted by molar-refractivity contribution is 0.0826. The standard InChI is InChI=1S/C21H26N4OS2/c1-11-10-27-19(22-11)21(8-7-9-21)25-16(26)15-12(2)14-13(3)23-18(20(4,5)6)24-17(14)28-15/h10H,7-9H2,1-6H3,(H,25,26). The maximum absolute atomic E-state index is 13.2. The second-order valence-corrected chi connectivity index (χ2v) is 10.7. The summed E-state index contributed by atoms with van der Waals surface area (Å²) in [6.07, 6.45) is 3.01. The van der Waals surface area contributed by atoms with Crippen LogP contribution in [0, 0.1) is 20.8 Å². The van der Waals surface area contributed by atoms with Crippen molar-refractivity contribution in [2.24, 2.45) is 0 Å². The summed E-state index contributed by atoms with van der Waals surface area (Å²) in [5.74, 6) is 0.796. The minimum Gasteiger partial charge on any atom is -0.339 e. The normalized spacial score (nSPS) is 16.2. The second-order valence-electron chi connectivity index (χ2n) is 8.80. The number of aromatic nitrogens is 3.